The zero-order valence-corrected chi connectivity index (χ0v) is 17.7. The molecule has 1 fully saturated rings. The average molecular weight is 462 g/mol. The highest BCUT2D eigenvalue weighted by Crippen LogP contribution is 2.29. The first kappa shape index (κ1) is 24.1. The lowest BCUT2D eigenvalue weighted by atomic mass is 9.90. The van der Waals surface area contributed by atoms with Crippen molar-refractivity contribution in [3.05, 3.63) is 65.2 Å². The van der Waals surface area contributed by atoms with Gasteiger partial charge in [0.2, 0.25) is 5.91 Å². The zero-order chi connectivity index (χ0) is 24.0. The molecule has 0 unspecified atom stereocenters. The maximum Gasteiger partial charge on any atom is 0.416 e. The summed E-state index contributed by atoms with van der Waals surface area (Å²) < 4.78 is 38.5. The number of hydrogen-bond donors (Lipinski definition) is 4. The third-order valence-corrected chi connectivity index (χ3v) is 5.46. The molecule has 33 heavy (non-hydrogen) atoms. The molecule has 5 N–H and O–H groups in total. The van der Waals surface area contributed by atoms with Gasteiger partial charge in [0.1, 0.15) is 0 Å². The maximum atomic E-state index is 12.8. The number of nitrogen functional groups attached to an aromatic ring is 1. The summed E-state index contributed by atoms with van der Waals surface area (Å²) >= 11 is 0. The summed E-state index contributed by atoms with van der Waals surface area (Å²) in [4.78, 5) is 37.1. The fourth-order valence-corrected chi connectivity index (χ4v) is 3.72. The normalized spacial score (nSPS) is 18.3. The van der Waals surface area contributed by atoms with Crippen molar-refractivity contribution in [1.29, 1.82) is 0 Å². The summed E-state index contributed by atoms with van der Waals surface area (Å²) in [5, 5.41) is 8.08. The molecule has 3 rings (SSSR count). The molecule has 176 valence electrons. The van der Waals surface area contributed by atoms with Crippen LogP contribution in [-0.2, 0) is 11.0 Å². The first-order chi connectivity index (χ1) is 15.6. The number of amides is 3. The van der Waals surface area contributed by atoms with E-state index in [9.17, 15) is 27.6 Å². The molecule has 2 atom stereocenters. The Hall–Kier alpha value is -3.56. The predicted octanol–water partition coefficient (Wildman–Crippen LogP) is 2.87. The minimum Gasteiger partial charge on any atom is -0.399 e. The Morgan fingerprint density at radius 1 is 0.879 bits per heavy atom. The molecule has 3 amide bonds. The number of alkyl halides is 3. The summed E-state index contributed by atoms with van der Waals surface area (Å²) in [5.74, 6) is -1.55. The molecule has 1 aliphatic rings. The number of halogens is 3. The van der Waals surface area contributed by atoms with Gasteiger partial charge in [0.05, 0.1) is 12.1 Å². The van der Waals surface area contributed by atoms with Crippen molar-refractivity contribution in [3.63, 3.8) is 0 Å². The van der Waals surface area contributed by atoms with Crippen LogP contribution in [0.15, 0.2) is 48.5 Å². The Kier molecular flexibility index (Phi) is 7.57. The predicted molar refractivity (Wildman–Crippen MR) is 116 cm³/mol. The van der Waals surface area contributed by atoms with Gasteiger partial charge in [-0.3, -0.25) is 14.4 Å². The highest BCUT2D eigenvalue weighted by molar-refractivity contribution is 5.97. The second-order valence-electron chi connectivity index (χ2n) is 7.92. The molecule has 0 aromatic heterocycles. The van der Waals surface area contributed by atoms with Crippen LogP contribution in [0.5, 0.6) is 0 Å². The van der Waals surface area contributed by atoms with E-state index in [2.05, 4.69) is 16.0 Å². The average Bonchev–Trinajstić information content (AvgIpc) is 2.78. The van der Waals surface area contributed by atoms with Crippen LogP contribution in [0.25, 0.3) is 0 Å². The number of nitrogens with one attached hydrogen (secondary N) is 3. The molecule has 1 aliphatic carbocycles. The smallest absolute Gasteiger partial charge is 0.399 e. The van der Waals surface area contributed by atoms with E-state index in [0.29, 0.717) is 24.1 Å². The monoisotopic (exact) mass is 462 g/mol. The summed E-state index contributed by atoms with van der Waals surface area (Å²) in [6.45, 7) is -0.399. The van der Waals surface area contributed by atoms with Crippen molar-refractivity contribution in [1.82, 2.24) is 16.0 Å². The molecule has 2 aromatic rings. The van der Waals surface area contributed by atoms with Crippen LogP contribution >= 0.6 is 0 Å². The van der Waals surface area contributed by atoms with E-state index >= 15 is 0 Å². The highest BCUT2D eigenvalue weighted by Gasteiger charge is 2.31. The lowest BCUT2D eigenvalue weighted by Gasteiger charge is -2.33. The van der Waals surface area contributed by atoms with Crippen LogP contribution in [0.3, 0.4) is 0 Å². The van der Waals surface area contributed by atoms with Gasteiger partial charge in [-0.15, -0.1) is 0 Å². The van der Waals surface area contributed by atoms with Gasteiger partial charge in [-0.1, -0.05) is 18.9 Å². The Morgan fingerprint density at radius 3 is 2.15 bits per heavy atom. The standard InChI is InChI=1S/C23H25F3N4O3/c24-23(25,26)16-5-3-4-15(12-16)21(32)28-13-20(31)29-18-6-1-2-7-19(18)30-22(33)14-8-10-17(27)11-9-14/h3-5,8-12,18-19H,1-2,6-7,13,27H2,(H,28,32)(H,29,31)(H,30,33)/t18-,19+/m1/s1. The number of rotatable bonds is 6. The summed E-state index contributed by atoms with van der Waals surface area (Å²) in [6.07, 6.45) is -1.47. The van der Waals surface area contributed by atoms with Crippen molar-refractivity contribution >= 4 is 23.4 Å². The van der Waals surface area contributed by atoms with Crippen LogP contribution in [-0.4, -0.2) is 36.3 Å². The number of anilines is 1. The van der Waals surface area contributed by atoms with Gasteiger partial charge < -0.3 is 21.7 Å². The third-order valence-electron chi connectivity index (χ3n) is 5.46. The second kappa shape index (κ2) is 10.4. The molecule has 10 heteroatoms. The first-order valence-corrected chi connectivity index (χ1v) is 10.5. The Labute approximate surface area is 188 Å². The van der Waals surface area contributed by atoms with E-state index in [-0.39, 0.29) is 23.6 Å². The Bertz CT molecular complexity index is 1010. The molecule has 7 nitrogen and oxygen atoms in total. The van der Waals surface area contributed by atoms with Gasteiger partial charge in [-0.05, 0) is 55.3 Å². The number of carbonyl (C=O) groups excluding carboxylic acids is 3. The molecular formula is C23H25F3N4O3. The Morgan fingerprint density at radius 2 is 1.52 bits per heavy atom. The summed E-state index contributed by atoms with van der Waals surface area (Å²) in [5.41, 5.74) is 5.50. The molecule has 0 saturated heterocycles. The number of carbonyl (C=O) groups is 3. The van der Waals surface area contributed by atoms with Gasteiger partial charge >= 0.3 is 6.18 Å². The highest BCUT2D eigenvalue weighted by atomic mass is 19.4. The fraction of sp³-hybridized carbons (Fsp3) is 0.348. The molecule has 0 aliphatic heterocycles. The molecular weight excluding hydrogens is 437 g/mol. The van der Waals surface area contributed by atoms with Crippen LogP contribution in [0.2, 0.25) is 0 Å². The number of nitrogens with two attached hydrogens (primary N) is 1. The zero-order valence-electron chi connectivity index (χ0n) is 17.7. The summed E-state index contributed by atoms with van der Waals surface area (Å²) in [7, 11) is 0. The van der Waals surface area contributed by atoms with Gasteiger partial charge in [0.15, 0.2) is 0 Å². The van der Waals surface area contributed by atoms with Gasteiger partial charge in [-0.2, -0.15) is 13.2 Å². The second-order valence-corrected chi connectivity index (χ2v) is 7.92. The van der Waals surface area contributed by atoms with Crippen molar-refractivity contribution in [2.24, 2.45) is 0 Å². The number of benzene rings is 2. The Balaban J connectivity index is 1.54. The quantitative estimate of drug-likeness (QED) is 0.495. The van der Waals surface area contributed by atoms with Crippen LogP contribution in [0.4, 0.5) is 18.9 Å². The lowest BCUT2D eigenvalue weighted by molar-refractivity contribution is -0.137. The molecule has 0 spiro atoms. The van der Waals surface area contributed by atoms with Crippen LogP contribution in [0.1, 0.15) is 52.0 Å². The summed E-state index contributed by atoms with van der Waals surface area (Å²) in [6, 6.07) is 9.85. The molecule has 0 radical (unpaired) electrons. The van der Waals surface area contributed by atoms with E-state index in [0.717, 1.165) is 31.0 Å². The van der Waals surface area contributed by atoms with E-state index in [1.165, 1.54) is 6.07 Å². The van der Waals surface area contributed by atoms with Crippen LogP contribution < -0.4 is 21.7 Å². The van der Waals surface area contributed by atoms with Crippen molar-refractivity contribution < 1.29 is 27.6 Å². The van der Waals surface area contributed by atoms with E-state index in [1.807, 2.05) is 0 Å². The minimum absolute atomic E-state index is 0.191. The van der Waals surface area contributed by atoms with Crippen molar-refractivity contribution in [2.75, 3.05) is 12.3 Å². The minimum atomic E-state index is -4.57. The topological polar surface area (TPSA) is 113 Å². The van der Waals surface area contributed by atoms with Crippen molar-refractivity contribution in [2.45, 2.75) is 43.9 Å². The van der Waals surface area contributed by atoms with E-state index < -0.39 is 30.1 Å². The van der Waals surface area contributed by atoms with Gasteiger partial charge in [-0.25, -0.2) is 0 Å². The molecule has 1 saturated carbocycles. The fourth-order valence-electron chi connectivity index (χ4n) is 3.72. The molecule has 2 aromatic carbocycles. The van der Waals surface area contributed by atoms with Crippen LogP contribution in [0, 0.1) is 0 Å². The van der Waals surface area contributed by atoms with Gasteiger partial charge in [0, 0.05) is 28.9 Å². The van der Waals surface area contributed by atoms with Gasteiger partial charge in [0.25, 0.3) is 11.8 Å². The van der Waals surface area contributed by atoms with E-state index in [4.69, 9.17) is 5.73 Å². The van der Waals surface area contributed by atoms with Crippen molar-refractivity contribution in [3.8, 4) is 0 Å². The largest absolute Gasteiger partial charge is 0.416 e. The molecule has 0 bridgehead atoms. The third kappa shape index (κ3) is 6.71. The van der Waals surface area contributed by atoms with E-state index in [1.54, 1.807) is 24.3 Å². The maximum absolute atomic E-state index is 12.8. The lowest BCUT2D eigenvalue weighted by Crippen LogP contribution is -2.54. The first-order valence-electron chi connectivity index (χ1n) is 10.5. The number of hydrogen-bond acceptors (Lipinski definition) is 4. The molecule has 0 heterocycles. The SMILES string of the molecule is Nc1ccc(C(=O)N[C@H]2CCCC[C@H]2NC(=O)CNC(=O)c2cccc(C(F)(F)F)c2)cc1.